The van der Waals surface area contributed by atoms with Gasteiger partial charge in [-0.05, 0) is 50.8 Å². The topological polar surface area (TPSA) is 73.3 Å². The van der Waals surface area contributed by atoms with Crippen molar-refractivity contribution in [2.24, 2.45) is 0 Å². The van der Waals surface area contributed by atoms with Crippen molar-refractivity contribution in [1.82, 2.24) is 15.3 Å². The van der Waals surface area contributed by atoms with Gasteiger partial charge in [0, 0.05) is 24.5 Å². The number of alkyl halides is 3. The zero-order valence-corrected chi connectivity index (χ0v) is 15.9. The summed E-state index contributed by atoms with van der Waals surface area (Å²) >= 11 is 0. The van der Waals surface area contributed by atoms with E-state index in [0.29, 0.717) is 43.7 Å². The van der Waals surface area contributed by atoms with Crippen LogP contribution in [0.3, 0.4) is 0 Å². The first kappa shape index (κ1) is 20.9. The molecule has 2 aromatic rings. The highest BCUT2D eigenvalue weighted by Gasteiger charge is 2.31. The molecule has 6 nitrogen and oxygen atoms in total. The van der Waals surface area contributed by atoms with E-state index in [0.717, 1.165) is 12.3 Å². The normalized spacial score (nSPS) is 19.4. The van der Waals surface area contributed by atoms with Crippen molar-refractivity contribution in [2.45, 2.75) is 50.9 Å². The molecule has 0 bridgehead atoms. The number of carbonyl (C=O) groups is 1. The van der Waals surface area contributed by atoms with Gasteiger partial charge in [-0.15, -0.1) is 0 Å². The molecule has 0 radical (unpaired) electrons. The number of rotatable bonds is 6. The van der Waals surface area contributed by atoms with Crippen molar-refractivity contribution >= 4 is 5.91 Å². The number of halogens is 3. The average Bonchev–Trinajstić information content (AvgIpc) is 2.70. The number of ether oxygens (including phenoxy) is 2. The molecule has 1 aliphatic rings. The minimum atomic E-state index is -4.42. The summed E-state index contributed by atoms with van der Waals surface area (Å²) in [5, 5.41) is 2.99. The lowest BCUT2D eigenvalue weighted by Crippen LogP contribution is -2.40. The summed E-state index contributed by atoms with van der Waals surface area (Å²) in [5.41, 5.74) is -0.417. The van der Waals surface area contributed by atoms with Gasteiger partial charge in [-0.2, -0.15) is 13.2 Å². The molecule has 2 heterocycles. The van der Waals surface area contributed by atoms with Gasteiger partial charge in [0.25, 0.3) is 5.91 Å². The zero-order chi connectivity index (χ0) is 20.9. The van der Waals surface area contributed by atoms with E-state index in [9.17, 15) is 18.0 Å². The van der Waals surface area contributed by atoms with E-state index in [2.05, 4.69) is 15.3 Å². The number of hydrogen-bond donors (Lipinski definition) is 1. The second kappa shape index (κ2) is 9.11. The molecule has 29 heavy (non-hydrogen) atoms. The number of nitrogens with zero attached hydrogens (tertiary/aromatic N) is 2. The molecule has 0 aromatic carbocycles. The Hall–Kier alpha value is -2.84. The van der Waals surface area contributed by atoms with Gasteiger partial charge in [0.2, 0.25) is 11.8 Å². The highest BCUT2D eigenvalue weighted by atomic mass is 19.4. The van der Waals surface area contributed by atoms with Crippen molar-refractivity contribution in [3.05, 3.63) is 47.8 Å². The second-order valence-corrected chi connectivity index (χ2v) is 6.74. The summed E-state index contributed by atoms with van der Waals surface area (Å²) in [6, 6.07) is 5.52. The van der Waals surface area contributed by atoms with Crippen LogP contribution in [-0.2, 0) is 6.18 Å². The summed E-state index contributed by atoms with van der Waals surface area (Å²) in [7, 11) is 0. The monoisotopic (exact) mass is 409 g/mol. The molecule has 0 spiro atoms. The molecule has 0 atom stereocenters. The van der Waals surface area contributed by atoms with E-state index in [1.165, 1.54) is 6.07 Å². The van der Waals surface area contributed by atoms with Gasteiger partial charge < -0.3 is 14.8 Å². The lowest BCUT2D eigenvalue weighted by Gasteiger charge is -2.29. The Balaban J connectivity index is 1.50. The first-order valence-electron chi connectivity index (χ1n) is 9.45. The Kier molecular flexibility index (Phi) is 6.56. The Labute approximate surface area is 166 Å². The van der Waals surface area contributed by atoms with E-state index in [4.69, 9.17) is 9.47 Å². The van der Waals surface area contributed by atoms with E-state index < -0.39 is 11.7 Å². The molecule has 3 rings (SSSR count). The summed E-state index contributed by atoms with van der Waals surface area (Å²) in [6.45, 7) is 2.24. The maximum atomic E-state index is 12.6. The summed E-state index contributed by atoms with van der Waals surface area (Å²) in [6.07, 6.45) is 0.494. The maximum absolute atomic E-state index is 12.6. The van der Waals surface area contributed by atoms with E-state index >= 15 is 0 Å². The number of hydrogen-bond acceptors (Lipinski definition) is 5. The standard InChI is InChI=1S/C20H22F3N3O3/c1-2-28-19-16(4-3-11-24-19)18(27)26-14-6-8-15(9-7-14)29-17-10-5-13(12-25-17)20(21,22)23/h3-5,10-12,14-15H,2,6-9H2,1H3,(H,26,27). The number of carbonyl (C=O) groups excluding carboxylic acids is 1. The fourth-order valence-corrected chi connectivity index (χ4v) is 3.19. The van der Waals surface area contributed by atoms with Crippen molar-refractivity contribution in [1.29, 1.82) is 0 Å². The quantitative estimate of drug-likeness (QED) is 0.780. The van der Waals surface area contributed by atoms with Gasteiger partial charge in [0.15, 0.2) is 0 Å². The van der Waals surface area contributed by atoms with Gasteiger partial charge in [-0.1, -0.05) is 0 Å². The van der Waals surface area contributed by atoms with Crippen LogP contribution in [0.15, 0.2) is 36.7 Å². The van der Waals surface area contributed by atoms with Crippen LogP contribution in [0.25, 0.3) is 0 Å². The van der Waals surface area contributed by atoms with Gasteiger partial charge in [0.05, 0.1) is 12.2 Å². The maximum Gasteiger partial charge on any atom is 0.417 e. The van der Waals surface area contributed by atoms with Crippen molar-refractivity contribution in [3.8, 4) is 11.8 Å². The molecule has 1 amide bonds. The molecule has 2 aromatic heterocycles. The Bertz CT molecular complexity index is 820. The number of aromatic nitrogens is 2. The van der Waals surface area contributed by atoms with Crippen LogP contribution in [0.4, 0.5) is 13.2 Å². The molecular formula is C20H22F3N3O3. The van der Waals surface area contributed by atoms with Gasteiger partial charge in [-0.3, -0.25) is 4.79 Å². The highest BCUT2D eigenvalue weighted by Crippen LogP contribution is 2.30. The predicted octanol–water partition coefficient (Wildman–Crippen LogP) is 4.01. The zero-order valence-electron chi connectivity index (χ0n) is 15.9. The second-order valence-electron chi connectivity index (χ2n) is 6.74. The minimum Gasteiger partial charge on any atom is -0.477 e. The van der Waals surface area contributed by atoms with Crippen LogP contribution < -0.4 is 14.8 Å². The Morgan fingerprint density at radius 3 is 2.55 bits per heavy atom. The fraction of sp³-hybridized carbons (Fsp3) is 0.450. The van der Waals surface area contributed by atoms with Gasteiger partial charge in [0.1, 0.15) is 11.7 Å². The number of pyridine rings is 2. The third-order valence-electron chi connectivity index (χ3n) is 4.66. The fourth-order valence-electron chi connectivity index (χ4n) is 3.19. The lowest BCUT2D eigenvalue weighted by molar-refractivity contribution is -0.137. The first-order valence-corrected chi connectivity index (χ1v) is 9.45. The van der Waals surface area contributed by atoms with E-state index in [1.807, 2.05) is 6.92 Å². The molecule has 1 saturated carbocycles. The smallest absolute Gasteiger partial charge is 0.417 e. The minimum absolute atomic E-state index is 0.0161. The van der Waals surface area contributed by atoms with E-state index in [1.54, 1.807) is 18.3 Å². The third-order valence-corrected chi connectivity index (χ3v) is 4.66. The van der Waals surface area contributed by atoms with Crippen molar-refractivity contribution < 1.29 is 27.4 Å². The van der Waals surface area contributed by atoms with Crippen molar-refractivity contribution in [3.63, 3.8) is 0 Å². The lowest BCUT2D eigenvalue weighted by atomic mass is 9.92. The van der Waals surface area contributed by atoms with Crippen LogP contribution in [0.2, 0.25) is 0 Å². The van der Waals surface area contributed by atoms with Crippen LogP contribution >= 0.6 is 0 Å². The number of nitrogens with one attached hydrogen (secondary N) is 1. The Morgan fingerprint density at radius 2 is 1.93 bits per heavy atom. The van der Waals surface area contributed by atoms with Crippen LogP contribution in [-0.4, -0.2) is 34.6 Å². The highest BCUT2D eigenvalue weighted by molar-refractivity contribution is 5.96. The average molecular weight is 409 g/mol. The van der Waals surface area contributed by atoms with Crippen LogP contribution in [0.1, 0.15) is 48.5 Å². The molecule has 156 valence electrons. The SMILES string of the molecule is CCOc1ncccc1C(=O)NC1CCC(Oc2ccc(C(F)(F)F)cn2)CC1. The molecule has 0 unspecified atom stereocenters. The molecule has 1 fully saturated rings. The van der Waals surface area contributed by atoms with Gasteiger partial charge in [-0.25, -0.2) is 9.97 Å². The first-order chi connectivity index (χ1) is 13.9. The summed E-state index contributed by atoms with van der Waals surface area (Å²) < 4.78 is 48.8. The molecule has 0 aliphatic heterocycles. The molecule has 1 N–H and O–H groups in total. The molecule has 1 aliphatic carbocycles. The van der Waals surface area contributed by atoms with Gasteiger partial charge >= 0.3 is 6.18 Å². The van der Waals surface area contributed by atoms with Crippen molar-refractivity contribution in [2.75, 3.05) is 6.61 Å². The predicted molar refractivity (Wildman–Crippen MR) is 98.8 cm³/mol. The molecule has 9 heteroatoms. The largest absolute Gasteiger partial charge is 0.477 e. The molecular weight excluding hydrogens is 387 g/mol. The summed E-state index contributed by atoms with van der Waals surface area (Å²) in [4.78, 5) is 20.4. The molecule has 0 saturated heterocycles. The van der Waals surface area contributed by atoms with Crippen LogP contribution in [0, 0.1) is 0 Å². The Morgan fingerprint density at radius 1 is 1.17 bits per heavy atom. The van der Waals surface area contributed by atoms with E-state index in [-0.39, 0.29) is 23.9 Å². The number of amides is 1. The summed E-state index contributed by atoms with van der Waals surface area (Å²) in [5.74, 6) is 0.232. The third kappa shape index (κ3) is 5.58. The van der Waals surface area contributed by atoms with Crippen LogP contribution in [0.5, 0.6) is 11.8 Å².